The fourth-order valence-corrected chi connectivity index (χ4v) is 1.80. The highest BCUT2D eigenvalue weighted by Gasteiger charge is 2.15. The Morgan fingerprint density at radius 3 is 2.31 bits per heavy atom. The summed E-state index contributed by atoms with van der Waals surface area (Å²) in [4.78, 5) is -0.616. The van der Waals surface area contributed by atoms with E-state index in [4.69, 9.17) is 9.66 Å². The number of aromatic hydroxyl groups is 1. The lowest BCUT2D eigenvalue weighted by molar-refractivity contribution is 0.426. The van der Waals surface area contributed by atoms with Crippen LogP contribution in [0.1, 0.15) is 0 Å². The predicted octanol–water partition coefficient (Wildman–Crippen LogP) is 1.54. The van der Waals surface area contributed by atoms with Gasteiger partial charge in [0.2, 0.25) is 0 Å². The fourth-order valence-electron chi connectivity index (χ4n) is 0.691. The van der Waals surface area contributed by atoms with Gasteiger partial charge in [0, 0.05) is 0 Å². The van der Waals surface area contributed by atoms with Gasteiger partial charge >= 0.3 is 0 Å². The lowest BCUT2D eigenvalue weighted by Gasteiger charge is -2.01. The van der Waals surface area contributed by atoms with Crippen LogP contribution in [0.5, 0.6) is 5.75 Å². The highest BCUT2D eigenvalue weighted by atomic mass is 79.9. The third kappa shape index (κ3) is 2.17. The van der Waals surface area contributed by atoms with Crippen molar-refractivity contribution in [3.8, 4) is 5.75 Å². The van der Waals surface area contributed by atoms with Crippen molar-refractivity contribution >= 4 is 26.0 Å². The van der Waals surface area contributed by atoms with Crippen LogP contribution in [-0.2, 0) is 10.1 Å². The maximum absolute atomic E-state index is 12.7. The monoisotopic (exact) mass is 270 g/mol. The molecule has 2 N–H and O–H groups in total. The predicted molar refractivity (Wildman–Crippen MR) is 45.6 cm³/mol. The Morgan fingerprint density at radius 2 is 1.92 bits per heavy atom. The molecule has 0 aliphatic carbocycles. The Bertz CT molecular complexity index is 419. The van der Waals surface area contributed by atoms with Gasteiger partial charge in [0.05, 0.1) is 9.37 Å². The zero-order chi connectivity index (χ0) is 10.2. The van der Waals surface area contributed by atoms with E-state index in [1.807, 2.05) is 0 Å². The Balaban J connectivity index is 3.47. The van der Waals surface area contributed by atoms with Crippen molar-refractivity contribution in [3.05, 3.63) is 22.4 Å². The molecule has 4 nitrogen and oxygen atoms in total. The molecule has 1 aromatic rings. The van der Waals surface area contributed by atoms with Crippen molar-refractivity contribution in [2.75, 3.05) is 0 Å². The van der Waals surface area contributed by atoms with Crippen molar-refractivity contribution < 1.29 is 22.5 Å². The molecule has 0 aliphatic heterocycles. The Morgan fingerprint density at radius 1 is 1.38 bits per heavy atom. The molecule has 0 aliphatic rings. The van der Waals surface area contributed by atoms with Crippen LogP contribution in [0.25, 0.3) is 0 Å². The maximum atomic E-state index is 12.7. The van der Waals surface area contributed by atoms with Gasteiger partial charge in [-0.15, -0.1) is 0 Å². The molecular formula is C6H4BrFO4S. The van der Waals surface area contributed by atoms with E-state index in [0.717, 1.165) is 6.07 Å². The molecule has 72 valence electrons. The molecule has 0 bridgehead atoms. The van der Waals surface area contributed by atoms with Gasteiger partial charge in [0.15, 0.2) is 11.6 Å². The van der Waals surface area contributed by atoms with Crippen molar-refractivity contribution in [1.29, 1.82) is 0 Å². The summed E-state index contributed by atoms with van der Waals surface area (Å²) in [6.45, 7) is 0. The minimum Gasteiger partial charge on any atom is -0.504 e. The first-order valence-corrected chi connectivity index (χ1v) is 5.21. The van der Waals surface area contributed by atoms with Gasteiger partial charge < -0.3 is 5.11 Å². The molecule has 0 radical (unpaired) electrons. The largest absolute Gasteiger partial charge is 0.504 e. The molecule has 1 aromatic carbocycles. The highest BCUT2D eigenvalue weighted by Crippen LogP contribution is 2.29. The van der Waals surface area contributed by atoms with Crippen LogP contribution in [0.15, 0.2) is 21.5 Å². The average Bonchev–Trinajstić information content (AvgIpc) is 1.97. The minimum atomic E-state index is -4.45. The van der Waals surface area contributed by atoms with E-state index in [1.54, 1.807) is 0 Å². The number of halogens is 2. The molecule has 0 heterocycles. The molecule has 0 spiro atoms. The lowest BCUT2D eigenvalue weighted by atomic mass is 10.3. The number of benzene rings is 1. The van der Waals surface area contributed by atoms with Gasteiger partial charge in [-0.3, -0.25) is 4.55 Å². The SMILES string of the molecule is O=S(=O)(O)c1cc(F)c(O)c(Br)c1. The van der Waals surface area contributed by atoms with Crippen molar-refractivity contribution in [1.82, 2.24) is 0 Å². The molecule has 13 heavy (non-hydrogen) atoms. The van der Waals surface area contributed by atoms with Crippen LogP contribution in [0.2, 0.25) is 0 Å². The number of hydrogen-bond donors (Lipinski definition) is 2. The van der Waals surface area contributed by atoms with Gasteiger partial charge in [0.1, 0.15) is 0 Å². The highest BCUT2D eigenvalue weighted by molar-refractivity contribution is 9.10. The summed E-state index contributed by atoms with van der Waals surface area (Å²) in [6, 6.07) is 1.42. The molecule has 0 saturated carbocycles. The van der Waals surface area contributed by atoms with Crippen molar-refractivity contribution in [2.24, 2.45) is 0 Å². The number of hydrogen-bond acceptors (Lipinski definition) is 3. The van der Waals surface area contributed by atoms with E-state index in [9.17, 15) is 12.8 Å². The molecule has 0 amide bonds. The first-order chi connectivity index (χ1) is 5.82. The first-order valence-electron chi connectivity index (χ1n) is 2.98. The second-order valence-corrected chi connectivity index (χ2v) is 4.49. The zero-order valence-corrected chi connectivity index (χ0v) is 8.43. The summed E-state index contributed by atoms with van der Waals surface area (Å²) in [5, 5.41) is 8.90. The van der Waals surface area contributed by atoms with E-state index < -0.39 is 26.6 Å². The normalized spacial score (nSPS) is 11.6. The molecular weight excluding hydrogens is 267 g/mol. The quantitative estimate of drug-likeness (QED) is 0.760. The summed E-state index contributed by atoms with van der Waals surface area (Å²) >= 11 is 2.72. The van der Waals surface area contributed by atoms with Crippen LogP contribution in [0, 0.1) is 5.82 Å². The van der Waals surface area contributed by atoms with Crippen LogP contribution >= 0.6 is 15.9 Å². The molecule has 7 heteroatoms. The standard InChI is InChI=1S/C6H4BrFO4S/c7-4-1-3(13(10,11)12)2-5(8)6(4)9/h1-2,9H,(H,10,11,12). The molecule has 0 aromatic heterocycles. The van der Waals surface area contributed by atoms with Crippen LogP contribution in [0.3, 0.4) is 0 Å². The van der Waals surface area contributed by atoms with Crippen LogP contribution in [0.4, 0.5) is 4.39 Å². The number of rotatable bonds is 1. The summed E-state index contributed by atoms with van der Waals surface area (Å²) < 4.78 is 42.2. The summed E-state index contributed by atoms with van der Waals surface area (Å²) in [5.41, 5.74) is 0. The first kappa shape index (κ1) is 10.4. The molecule has 0 unspecified atom stereocenters. The van der Waals surface area contributed by atoms with E-state index in [0.29, 0.717) is 6.07 Å². The maximum Gasteiger partial charge on any atom is 0.294 e. The molecule has 0 fully saturated rings. The Labute approximate surface area is 81.9 Å². The lowest BCUT2D eigenvalue weighted by Crippen LogP contribution is -1.98. The van der Waals surface area contributed by atoms with Gasteiger partial charge in [-0.05, 0) is 28.1 Å². The Hall–Kier alpha value is -0.660. The van der Waals surface area contributed by atoms with Crippen molar-refractivity contribution in [3.63, 3.8) is 0 Å². The van der Waals surface area contributed by atoms with Gasteiger partial charge in [-0.25, -0.2) is 4.39 Å². The second kappa shape index (κ2) is 3.24. The van der Waals surface area contributed by atoms with Crippen molar-refractivity contribution in [2.45, 2.75) is 4.90 Å². The Kier molecular flexibility index (Phi) is 2.60. The zero-order valence-electron chi connectivity index (χ0n) is 6.03. The van der Waals surface area contributed by atoms with Gasteiger partial charge in [0.25, 0.3) is 10.1 Å². The van der Waals surface area contributed by atoms with E-state index >= 15 is 0 Å². The van der Waals surface area contributed by atoms with Gasteiger partial charge in [-0.2, -0.15) is 8.42 Å². The molecule has 0 saturated heterocycles. The summed E-state index contributed by atoms with van der Waals surface area (Å²) in [7, 11) is -4.45. The minimum absolute atomic E-state index is 0.139. The third-order valence-electron chi connectivity index (χ3n) is 1.29. The topological polar surface area (TPSA) is 74.6 Å². The van der Waals surface area contributed by atoms with E-state index in [2.05, 4.69) is 15.9 Å². The van der Waals surface area contributed by atoms with E-state index in [-0.39, 0.29) is 4.47 Å². The summed E-state index contributed by atoms with van der Waals surface area (Å²) in [6.07, 6.45) is 0. The van der Waals surface area contributed by atoms with Crippen LogP contribution in [-0.4, -0.2) is 18.1 Å². The third-order valence-corrected chi connectivity index (χ3v) is 2.72. The molecule has 0 atom stereocenters. The molecule has 1 rings (SSSR count). The average molecular weight is 271 g/mol. The van der Waals surface area contributed by atoms with Crippen LogP contribution < -0.4 is 0 Å². The van der Waals surface area contributed by atoms with Gasteiger partial charge in [-0.1, -0.05) is 0 Å². The fraction of sp³-hybridized carbons (Fsp3) is 0. The van der Waals surface area contributed by atoms with E-state index in [1.165, 1.54) is 0 Å². The number of phenols is 1. The summed E-state index contributed by atoms with van der Waals surface area (Å²) in [5.74, 6) is -1.82. The number of phenolic OH excluding ortho intramolecular Hbond substituents is 1. The smallest absolute Gasteiger partial charge is 0.294 e. The second-order valence-electron chi connectivity index (χ2n) is 2.21.